The molecule has 0 aromatic rings. The van der Waals surface area contributed by atoms with E-state index in [1.54, 1.807) is 20.8 Å². The molecule has 0 radical (unpaired) electrons. The van der Waals surface area contributed by atoms with Gasteiger partial charge in [0.25, 0.3) is 0 Å². The van der Waals surface area contributed by atoms with Gasteiger partial charge < -0.3 is 19.7 Å². The van der Waals surface area contributed by atoms with Crippen molar-refractivity contribution < 1.29 is 47.0 Å². The number of carbonyl (C=O) groups excluding carboxylic acids is 1. The summed E-state index contributed by atoms with van der Waals surface area (Å²) in [6.45, 7) is 6.35. The number of hydrogen-bond acceptors (Lipinski definition) is 7. The zero-order chi connectivity index (χ0) is 16.0. The van der Waals surface area contributed by atoms with Crippen molar-refractivity contribution in [2.24, 2.45) is 0 Å². The van der Waals surface area contributed by atoms with Crippen LogP contribution in [-0.2, 0) is 36.8 Å². The molecule has 1 rings (SSSR count). The number of hydrogen-bond donors (Lipinski definition) is 2. The zero-order valence-corrected chi connectivity index (χ0v) is 13.3. The quantitative estimate of drug-likeness (QED) is 0.565. The first-order valence-corrected chi connectivity index (χ1v) is 7.14. The van der Waals surface area contributed by atoms with Gasteiger partial charge in [-0.2, -0.15) is 0 Å². The van der Waals surface area contributed by atoms with Gasteiger partial charge >= 0.3 is 28.5 Å². The molecule has 7 nitrogen and oxygen atoms in total. The molecule has 2 N–H and O–H groups in total. The predicted octanol–water partition coefficient (Wildman–Crippen LogP) is 0.379. The molecule has 0 saturated carbocycles. The van der Waals surface area contributed by atoms with Crippen LogP contribution in [0.2, 0.25) is 0 Å². The summed E-state index contributed by atoms with van der Waals surface area (Å²) in [7, 11) is 0. The molecule has 0 bridgehead atoms. The van der Waals surface area contributed by atoms with E-state index in [2.05, 4.69) is 0 Å². The summed E-state index contributed by atoms with van der Waals surface area (Å²) < 4.78 is 27.3. The normalized spacial score (nSPS) is 27.2. The number of aliphatic hydroxyl groups is 2. The minimum atomic E-state index is -1.44. The van der Waals surface area contributed by atoms with Gasteiger partial charge in [0.2, 0.25) is 0 Å². The third-order valence-corrected chi connectivity index (χ3v) is 3.25. The van der Waals surface area contributed by atoms with Gasteiger partial charge in [0.15, 0.2) is 0 Å². The molecule has 1 aliphatic heterocycles. The second-order valence-corrected chi connectivity index (χ2v) is 5.69. The molecule has 1 aliphatic rings. The Bertz CT molecular complexity index is 359. The molecule has 0 unspecified atom stereocenters. The van der Waals surface area contributed by atoms with Gasteiger partial charge in [0.1, 0.15) is 12.7 Å². The molecule has 1 fully saturated rings. The summed E-state index contributed by atoms with van der Waals surface area (Å²) in [5.74, 6) is -0.426. The summed E-state index contributed by atoms with van der Waals surface area (Å²) in [5.41, 5.74) is -1.70. The van der Waals surface area contributed by atoms with E-state index in [9.17, 15) is 15.0 Å². The van der Waals surface area contributed by atoms with Gasteiger partial charge in [-0.3, -0.25) is 4.79 Å². The molecule has 1 saturated heterocycles. The summed E-state index contributed by atoms with van der Waals surface area (Å²) in [4.78, 5) is 10.7. The van der Waals surface area contributed by atoms with Crippen LogP contribution in [0.4, 0.5) is 0 Å². The van der Waals surface area contributed by atoms with E-state index in [1.165, 1.54) is 6.92 Å². The molecule has 0 aromatic heterocycles. The average molecular weight is 333 g/mol. The summed E-state index contributed by atoms with van der Waals surface area (Å²) in [6.07, 6.45) is 0.125. The van der Waals surface area contributed by atoms with Gasteiger partial charge in [-0.1, -0.05) is 0 Å². The van der Waals surface area contributed by atoms with E-state index in [1.807, 2.05) is 0 Å². The Labute approximate surface area is 124 Å². The van der Waals surface area contributed by atoms with Crippen molar-refractivity contribution in [1.82, 2.24) is 0 Å². The first kappa shape index (κ1) is 19.5. The van der Waals surface area contributed by atoms with Crippen LogP contribution >= 0.6 is 0 Å². The number of aliphatic hydroxyl groups excluding tert-OH is 1. The summed E-state index contributed by atoms with van der Waals surface area (Å²) in [5, 5.41) is 19.8. The predicted molar refractivity (Wildman–Crippen MR) is 62.8 cm³/mol. The minimum absolute atomic E-state index is 0.0790. The van der Waals surface area contributed by atoms with Crippen LogP contribution in [0.15, 0.2) is 0 Å². The van der Waals surface area contributed by atoms with Crippen LogP contribution in [0.3, 0.4) is 0 Å². The van der Waals surface area contributed by atoms with E-state index >= 15 is 0 Å². The van der Waals surface area contributed by atoms with E-state index < -0.39 is 38.1 Å². The van der Waals surface area contributed by atoms with Gasteiger partial charge in [0, 0.05) is 6.92 Å². The molecule has 1 heterocycles. The molecular weight excluding hydrogens is 311 g/mol. The molecule has 0 amide bonds. The Kier molecular flexibility index (Phi) is 7.83. The summed E-state index contributed by atoms with van der Waals surface area (Å²) >= 11 is -1.44. The Morgan fingerprint density at radius 3 is 2.40 bits per heavy atom. The fourth-order valence-electron chi connectivity index (χ4n) is 1.98. The van der Waals surface area contributed by atoms with Crippen molar-refractivity contribution >= 4 is 5.97 Å². The van der Waals surface area contributed by atoms with Gasteiger partial charge in [0.05, 0.1) is 17.3 Å². The second kappa shape index (κ2) is 8.04. The molecule has 0 spiro atoms. The third-order valence-electron chi connectivity index (χ3n) is 3.25. The van der Waals surface area contributed by atoms with Crippen LogP contribution in [-0.4, -0.2) is 46.2 Å². The standard InChI is InChI=1S/C12H22O5.Mn.2O/c1-8(13)16-7-9(14)12(4)6-5-10(17-12)11(2,3)15;;;/h9-10,14-15H,5-7H2,1-4H3;;;/t9-,10+,12-;;;/m0.../s1. The Morgan fingerprint density at radius 2 is 2.05 bits per heavy atom. The van der Waals surface area contributed by atoms with Crippen molar-refractivity contribution in [2.75, 3.05) is 6.61 Å². The number of carbonyl (C=O) groups is 1. The Balaban J connectivity index is 0.00000110. The fraction of sp³-hybridized carbons (Fsp3) is 0.917. The third kappa shape index (κ3) is 6.28. The van der Waals surface area contributed by atoms with Crippen molar-refractivity contribution in [3.05, 3.63) is 0 Å². The first-order chi connectivity index (χ1) is 9.06. The van der Waals surface area contributed by atoms with E-state index in [0.717, 1.165) is 0 Å². The van der Waals surface area contributed by atoms with Gasteiger partial charge in [-0.25, -0.2) is 0 Å². The van der Waals surface area contributed by atoms with Gasteiger partial charge in [-0.15, -0.1) is 0 Å². The van der Waals surface area contributed by atoms with Crippen LogP contribution in [0.5, 0.6) is 0 Å². The van der Waals surface area contributed by atoms with Crippen LogP contribution in [0.1, 0.15) is 40.5 Å². The maximum atomic E-state index is 10.7. The number of rotatable bonds is 4. The van der Waals surface area contributed by atoms with Crippen molar-refractivity contribution in [2.45, 2.75) is 63.9 Å². The van der Waals surface area contributed by atoms with E-state index in [0.29, 0.717) is 12.8 Å². The van der Waals surface area contributed by atoms with E-state index in [4.69, 9.17) is 17.1 Å². The second-order valence-electron chi connectivity index (χ2n) is 5.49. The van der Waals surface area contributed by atoms with Crippen molar-refractivity contribution in [1.29, 1.82) is 0 Å². The monoisotopic (exact) mass is 333 g/mol. The summed E-state index contributed by atoms with van der Waals surface area (Å²) in [6, 6.07) is 0. The first-order valence-electron chi connectivity index (χ1n) is 6.17. The van der Waals surface area contributed by atoms with Gasteiger partial charge in [-0.05, 0) is 33.6 Å². The van der Waals surface area contributed by atoms with Crippen LogP contribution in [0, 0.1) is 0 Å². The molecule has 0 aromatic carbocycles. The van der Waals surface area contributed by atoms with Crippen molar-refractivity contribution in [3.8, 4) is 0 Å². The molecule has 8 heteroatoms. The molecule has 119 valence electrons. The maximum absolute atomic E-state index is 10.7. The van der Waals surface area contributed by atoms with E-state index in [-0.39, 0.29) is 12.7 Å². The molecule has 3 atom stereocenters. The topological polar surface area (TPSA) is 110 Å². The molecular formula is C12H22MnO7. The molecule has 0 aliphatic carbocycles. The molecule has 20 heavy (non-hydrogen) atoms. The average Bonchev–Trinajstić information content (AvgIpc) is 2.71. The van der Waals surface area contributed by atoms with Crippen LogP contribution < -0.4 is 0 Å². The Morgan fingerprint density at radius 1 is 1.55 bits per heavy atom. The SMILES string of the molecule is CC(=O)OC[C@H](O)[C@]1(C)CC[C@H](C(C)(C)O)O1.[O]=[Mn]=[O]. The zero-order valence-electron chi connectivity index (χ0n) is 12.1. The van der Waals surface area contributed by atoms with Crippen LogP contribution in [0.25, 0.3) is 0 Å². The number of esters is 1. The van der Waals surface area contributed by atoms with Crippen molar-refractivity contribution in [3.63, 3.8) is 0 Å². The Hall–Kier alpha value is -0.531. The number of ether oxygens (including phenoxy) is 2. The fourth-order valence-corrected chi connectivity index (χ4v) is 1.98.